The molecule has 0 fully saturated rings. The van der Waals surface area contributed by atoms with E-state index in [4.69, 9.17) is 5.73 Å². The minimum absolute atomic E-state index is 0.579. The van der Waals surface area contributed by atoms with Crippen LogP contribution in [-0.2, 0) is 6.42 Å². The molecule has 0 radical (unpaired) electrons. The maximum absolute atomic E-state index is 5.94. The Bertz CT molecular complexity index is 523. The predicted octanol–water partition coefficient (Wildman–Crippen LogP) is 4.18. The third-order valence-electron chi connectivity index (χ3n) is 2.46. The lowest BCUT2D eigenvalue weighted by molar-refractivity contribution is 1.01. The first kappa shape index (κ1) is 13.0. The zero-order valence-corrected chi connectivity index (χ0v) is 13.4. The Morgan fingerprint density at radius 3 is 2.53 bits per heavy atom. The first-order valence-corrected chi connectivity index (χ1v) is 7.51. The van der Waals surface area contributed by atoms with E-state index >= 15 is 0 Å². The average Bonchev–Trinajstić information content (AvgIpc) is 2.59. The van der Waals surface area contributed by atoms with Crippen LogP contribution in [-0.4, -0.2) is 9.97 Å². The molecule has 17 heavy (non-hydrogen) atoms. The van der Waals surface area contributed by atoms with Crippen LogP contribution in [0.2, 0.25) is 0 Å². The van der Waals surface area contributed by atoms with Gasteiger partial charge in [0.2, 0.25) is 0 Å². The molecular formula is C11H11Br2N3S. The van der Waals surface area contributed by atoms with E-state index in [1.807, 2.05) is 13.0 Å². The van der Waals surface area contributed by atoms with Crippen LogP contribution in [0.1, 0.15) is 18.2 Å². The van der Waals surface area contributed by atoms with Crippen molar-refractivity contribution < 1.29 is 0 Å². The van der Waals surface area contributed by atoms with Gasteiger partial charge < -0.3 is 5.73 Å². The third kappa shape index (κ3) is 2.53. The number of thiophene rings is 1. The number of hydrogen-bond acceptors (Lipinski definition) is 4. The Morgan fingerprint density at radius 2 is 2.06 bits per heavy atom. The molecule has 0 aliphatic carbocycles. The second-order valence-corrected chi connectivity index (χ2v) is 6.81. The summed E-state index contributed by atoms with van der Waals surface area (Å²) >= 11 is 8.51. The number of aromatic nitrogens is 2. The molecule has 0 amide bonds. The summed E-state index contributed by atoms with van der Waals surface area (Å²) in [5, 5.41) is 0. The predicted molar refractivity (Wildman–Crippen MR) is 79.3 cm³/mol. The van der Waals surface area contributed by atoms with E-state index in [1.165, 1.54) is 0 Å². The molecule has 0 atom stereocenters. The molecule has 0 bridgehead atoms. The number of hydrogen-bond donors (Lipinski definition) is 1. The van der Waals surface area contributed by atoms with Crippen LogP contribution >= 0.6 is 43.2 Å². The van der Waals surface area contributed by atoms with E-state index in [0.29, 0.717) is 11.6 Å². The molecule has 2 N–H and O–H groups in total. The van der Waals surface area contributed by atoms with Gasteiger partial charge in [-0.2, -0.15) is 0 Å². The molecule has 2 aromatic rings. The van der Waals surface area contributed by atoms with Gasteiger partial charge in [0.25, 0.3) is 0 Å². The van der Waals surface area contributed by atoms with Crippen molar-refractivity contribution >= 4 is 49.0 Å². The Morgan fingerprint density at radius 1 is 1.35 bits per heavy atom. The molecule has 3 nitrogen and oxygen atoms in total. The Hall–Kier alpha value is -0.460. The summed E-state index contributed by atoms with van der Waals surface area (Å²) in [7, 11) is 0. The van der Waals surface area contributed by atoms with E-state index in [2.05, 4.69) is 48.8 Å². The summed E-state index contributed by atoms with van der Waals surface area (Å²) in [6.07, 6.45) is 0.857. The molecule has 0 aromatic carbocycles. The molecule has 0 saturated heterocycles. The topological polar surface area (TPSA) is 51.8 Å². The molecule has 0 aliphatic heterocycles. The van der Waals surface area contributed by atoms with E-state index in [1.54, 1.807) is 11.3 Å². The summed E-state index contributed by atoms with van der Waals surface area (Å²) in [5.41, 5.74) is 7.93. The largest absolute Gasteiger partial charge is 0.383 e. The van der Waals surface area contributed by atoms with Crippen molar-refractivity contribution in [2.75, 3.05) is 5.73 Å². The average molecular weight is 377 g/mol. The second kappa shape index (κ2) is 5.04. The highest BCUT2D eigenvalue weighted by Crippen LogP contribution is 2.37. The van der Waals surface area contributed by atoms with Gasteiger partial charge in [0.15, 0.2) is 5.82 Å². The molecule has 0 spiro atoms. The van der Waals surface area contributed by atoms with Crippen LogP contribution in [0.4, 0.5) is 5.82 Å². The van der Waals surface area contributed by atoms with Gasteiger partial charge in [0.1, 0.15) is 5.82 Å². The van der Waals surface area contributed by atoms with Crippen LogP contribution in [0.25, 0.3) is 10.7 Å². The third-order valence-corrected chi connectivity index (χ3v) is 5.72. The lowest BCUT2D eigenvalue weighted by atomic mass is 10.1. The molecule has 2 rings (SSSR count). The fourth-order valence-corrected chi connectivity index (χ4v) is 3.59. The van der Waals surface area contributed by atoms with Crippen molar-refractivity contribution in [3.63, 3.8) is 0 Å². The highest BCUT2D eigenvalue weighted by Gasteiger charge is 2.12. The molecule has 0 aliphatic rings. The SMILES string of the molecule is CCc1c(C)nc(-c2cc(Br)c(Br)s2)nc1N. The standard InChI is InChI=1S/C11H11Br2N3S/c1-3-6-5(2)15-11(16-10(6)14)8-4-7(12)9(13)17-8/h4H,3H2,1-2H3,(H2,14,15,16). The van der Waals surface area contributed by atoms with Gasteiger partial charge in [-0.25, -0.2) is 9.97 Å². The smallest absolute Gasteiger partial charge is 0.171 e. The first-order chi connectivity index (χ1) is 8.02. The summed E-state index contributed by atoms with van der Waals surface area (Å²) in [5.74, 6) is 1.27. The van der Waals surface area contributed by atoms with Crippen molar-refractivity contribution in [1.82, 2.24) is 9.97 Å². The van der Waals surface area contributed by atoms with Crippen LogP contribution in [0.5, 0.6) is 0 Å². The lowest BCUT2D eigenvalue weighted by Crippen LogP contribution is -2.03. The fraction of sp³-hybridized carbons (Fsp3) is 0.273. The number of halogens is 2. The van der Waals surface area contributed by atoms with E-state index in [0.717, 1.165) is 30.8 Å². The summed E-state index contributed by atoms with van der Waals surface area (Å²) in [6.45, 7) is 4.03. The Balaban J connectivity index is 2.54. The molecule has 2 aromatic heterocycles. The lowest BCUT2D eigenvalue weighted by Gasteiger charge is -2.07. The number of nitrogens with zero attached hydrogens (tertiary/aromatic N) is 2. The minimum Gasteiger partial charge on any atom is -0.383 e. The number of aryl methyl sites for hydroxylation is 1. The molecule has 0 saturated carbocycles. The van der Waals surface area contributed by atoms with Crippen LogP contribution in [0.3, 0.4) is 0 Å². The van der Waals surface area contributed by atoms with Gasteiger partial charge in [-0.1, -0.05) is 6.92 Å². The Kier molecular flexibility index (Phi) is 3.85. The number of nitrogen functional groups attached to an aromatic ring is 1. The van der Waals surface area contributed by atoms with Gasteiger partial charge in [-0.05, 0) is 51.3 Å². The monoisotopic (exact) mass is 375 g/mol. The summed E-state index contributed by atoms with van der Waals surface area (Å²) in [6, 6.07) is 1.99. The van der Waals surface area contributed by atoms with Crippen LogP contribution in [0, 0.1) is 6.92 Å². The van der Waals surface area contributed by atoms with Crippen LogP contribution < -0.4 is 5.73 Å². The van der Waals surface area contributed by atoms with Crippen molar-refractivity contribution in [2.24, 2.45) is 0 Å². The molecule has 90 valence electrons. The molecular weight excluding hydrogens is 366 g/mol. The molecule has 6 heteroatoms. The maximum Gasteiger partial charge on any atom is 0.171 e. The van der Waals surface area contributed by atoms with Gasteiger partial charge in [-0.15, -0.1) is 11.3 Å². The second-order valence-electron chi connectivity index (χ2n) is 3.58. The number of rotatable bonds is 2. The van der Waals surface area contributed by atoms with Gasteiger partial charge in [-0.3, -0.25) is 0 Å². The van der Waals surface area contributed by atoms with Crippen molar-refractivity contribution in [3.8, 4) is 10.7 Å². The van der Waals surface area contributed by atoms with E-state index in [-0.39, 0.29) is 0 Å². The van der Waals surface area contributed by atoms with Crippen molar-refractivity contribution in [1.29, 1.82) is 0 Å². The zero-order valence-electron chi connectivity index (χ0n) is 9.42. The fourth-order valence-electron chi connectivity index (χ4n) is 1.62. The van der Waals surface area contributed by atoms with E-state index in [9.17, 15) is 0 Å². The normalized spacial score (nSPS) is 10.8. The molecule has 2 heterocycles. The van der Waals surface area contributed by atoms with Crippen LogP contribution in [0.15, 0.2) is 14.3 Å². The summed E-state index contributed by atoms with van der Waals surface area (Å²) < 4.78 is 2.05. The minimum atomic E-state index is 0.579. The van der Waals surface area contributed by atoms with Crippen molar-refractivity contribution in [2.45, 2.75) is 20.3 Å². The highest BCUT2D eigenvalue weighted by molar-refractivity contribution is 9.13. The van der Waals surface area contributed by atoms with Gasteiger partial charge in [0, 0.05) is 15.7 Å². The zero-order chi connectivity index (χ0) is 12.6. The summed E-state index contributed by atoms with van der Waals surface area (Å²) in [4.78, 5) is 9.87. The first-order valence-electron chi connectivity index (χ1n) is 5.11. The quantitative estimate of drug-likeness (QED) is 0.855. The van der Waals surface area contributed by atoms with Crippen molar-refractivity contribution in [3.05, 3.63) is 25.6 Å². The number of nitrogens with two attached hydrogens (primary N) is 1. The maximum atomic E-state index is 5.94. The van der Waals surface area contributed by atoms with Gasteiger partial charge in [0.05, 0.1) is 8.66 Å². The number of anilines is 1. The van der Waals surface area contributed by atoms with E-state index < -0.39 is 0 Å². The van der Waals surface area contributed by atoms with Gasteiger partial charge >= 0.3 is 0 Å². The molecule has 0 unspecified atom stereocenters. The highest BCUT2D eigenvalue weighted by atomic mass is 79.9. The Labute approximate surface area is 121 Å².